The van der Waals surface area contributed by atoms with Crippen LogP contribution in [0.5, 0.6) is 0 Å². The van der Waals surface area contributed by atoms with Gasteiger partial charge in [0.05, 0.1) is 0 Å². The molecule has 0 aliphatic heterocycles. The minimum Gasteiger partial charge on any atom is -0.356 e. The Morgan fingerprint density at radius 3 is 0.889 bits per heavy atom. The molecule has 0 aromatic carbocycles. The zero-order valence-corrected chi connectivity index (χ0v) is 24.6. The molecule has 0 radical (unpaired) electrons. The normalized spacial score (nSPS) is 11.1. The molecule has 0 rings (SSSR count). The van der Waals surface area contributed by atoms with Crippen molar-refractivity contribution in [3.63, 3.8) is 0 Å². The molecule has 0 saturated heterocycles. The van der Waals surface area contributed by atoms with Crippen LogP contribution >= 0.6 is 0 Å². The fourth-order valence-corrected chi connectivity index (χ4v) is 4.78. The van der Waals surface area contributed by atoms with E-state index in [1.165, 1.54) is 128 Å². The van der Waals surface area contributed by atoms with Crippen LogP contribution in [0, 0.1) is 0 Å². The average Bonchev–Trinajstić information content (AvgIpc) is 2.87. The van der Waals surface area contributed by atoms with Crippen molar-refractivity contribution in [2.45, 2.75) is 181 Å². The zero-order valence-electron chi connectivity index (χ0n) is 24.6. The van der Waals surface area contributed by atoms with Crippen molar-refractivity contribution in [1.82, 2.24) is 10.6 Å². The molecule has 0 saturated carbocycles. The first-order chi connectivity index (χ1) is 17.7. The van der Waals surface area contributed by atoms with Crippen molar-refractivity contribution in [1.29, 1.82) is 0 Å². The summed E-state index contributed by atoms with van der Waals surface area (Å²) in [4.78, 5) is 23.6. The highest BCUT2D eigenvalue weighted by Gasteiger charge is 2.02. The molecule has 2 N–H and O–H groups in total. The summed E-state index contributed by atoms with van der Waals surface area (Å²) in [6, 6.07) is 0. The van der Waals surface area contributed by atoms with E-state index in [9.17, 15) is 9.59 Å². The molecule has 214 valence electrons. The molecule has 0 heterocycles. The van der Waals surface area contributed by atoms with Crippen LogP contribution in [0.3, 0.4) is 0 Å². The lowest BCUT2D eigenvalue weighted by molar-refractivity contribution is -0.122. The predicted octanol–water partition coefficient (Wildman–Crippen LogP) is 9.40. The summed E-state index contributed by atoms with van der Waals surface area (Å²) in [7, 11) is 0. The van der Waals surface area contributed by atoms with Gasteiger partial charge in [0.2, 0.25) is 11.8 Å². The molecular weight excluding hydrogens is 444 g/mol. The number of rotatable bonds is 29. The third-order valence-electron chi connectivity index (χ3n) is 7.26. The summed E-state index contributed by atoms with van der Waals surface area (Å²) in [6.45, 7) is 6.15. The van der Waals surface area contributed by atoms with Gasteiger partial charge in [0.25, 0.3) is 0 Å². The van der Waals surface area contributed by atoms with E-state index < -0.39 is 0 Å². The number of carbonyl (C=O) groups is 2. The highest BCUT2D eigenvalue weighted by atomic mass is 16.2. The van der Waals surface area contributed by atoms with Gasteiger partial charge in [-0.1, -0.05) is 142 Å². The number of carbonyl (C=O) groups excluding carboxylic acids is 2. The van der Waals surface area contributed by atoms with Gasteiger partial charge in [0.1, 0.15) is 0 Å². The monoisotopic (exact) mass is 508 g/mol. The Morgan fingerprint density at radius 2 is 0.611 bits per heavy atom. The quantitative estimate of drug-likeness (QED) is 0.0988. The van der Waals surface area contributed by atoms with E-state index in [4.69, 9.17) is 0 Å². The first kappa shape index (κ1) is 34.9. The van der Waals surface area contributed by atoms with Gasteiger partial charge in [-0.05, 0) is 25.7 Å². The molecule has 0 unspecified atom stereocenters. The van der Waals surface area contributed by atoms with E-state index in [1.807, 2.05) is 0 Å². The molecule has 0 aromatic rings. The smallest absolute Gasteiger partial charge is 0.219 e. The van der Waals surface area contributed by atoms with E-state index in [-0.39, 0.29) is 11.8 Å². The number of amides is 2. The number of hydrogen-bond acceptors (Lipinski definition) is 2. The van der Waals surface area contributed by atoms with Crippen LogP contribution in [-0.2, 0) is 9.59 Å². The van der Waals surface area contributed by atoms with Gasteiger partial charge in [-0.15, -0.1) is 0 Å². The largest absolute Gasteiger partial charge is 0.356 e. The van der Waals surface area contributed by atoms with Gasteiger partial charge >= 0.3 is 0 Å². The Kier molecular flexibility index (Phi) is 29.3. The molecule has 0 atom stereocenters. The SMILES string of the molecule is CCCCCCNC(=O)CCCCCCCCCCCCCCCCCCC(=O)NCCCCCC. The van der Waals surface area contributed by atoms with Crippen molar-refractivity contribution in [2.24, 2.45) is 0 Å². The molecule has 0 aromatic heterocycles. The van der Waals surface area contributed by atoms with Crippen molar-refractivity contribution in [2.75, 3.05) is 13.1 Å². The molecule has 4 heteroatoms. The molecular formula is C32H64N2O2. The highest BCUT2D eigenvalue weighted by molar-refractivity contribution is 5.76. The van der Waals surface area contributed by atoms with Crippen LogP contribution in [0.25, 0.3) is 0 Å². The number of nitrogens with one attached hydrogen (secondary N) is 2. The molecule has 0 fully saturated rings. The van der Waals surface area contributed by atoms with Crippen LogP contribution in [-0.4, -0.2) is 24.9 Å². The maximum absolute atomic E-state index is 11.8. The highest BCUT2D eigenvalue weighted by Crippen LogP contribution is 2.14. The second-order valence-electron chi connectivity index (χ2n) is 11.0. The number of hydrogen-bond donors (Lipinski definition) is 2. The van der Waals surface area contributed by atoms with Crippen molar-refractivity contribution in [3.05, 3.63) is 0 Å². The maximum atomic E-state index is 11.8. The zero-order chi connectivity index (χ0) is 26.4. The molecule has 0 aliphatic carbocycles. The minimum atomic E-state index is 0.249. The van der Waals surface area contributed by atoms with Crippen molar-refractivity contribution >= 4 is 11.8 Å². The standard InChI is InChI=1S/C32H64N2O2/c1-3-5-7-25-29-33-31(35)27-23-21-19-17-15-13-11-9-10-12-14-16-18-20-22-24-28-32(36)34-30-26-8-6-4-2/h3-30H2,1-2H3,(H,33,35)(H,34,36). The van der Waals surface area contributed by atoms with Gasteiger partial charge < -0.3 is 10.6 Å². The molecule has 2 amide bonds. The lowest BCUT2D eigenvalue weighted by atomic mass is 10.0. The first-order valence-corrected chi connectivity index (χ1v) is 16.2. The Hall–Kier alpha value is -1.06. The third-order valence-corrected chi connectivity index (χ3v) is 7.26. The lowest BCUT2D eigenvalue weighted by Crippen LogP contribution is -2.23. The third kappa shape index (κ3) is 29.2. The maximum Gasteiger partial charge on any atom is 0.219 e. The van der Waals surface area contributed by atoms with Gasteiger partial charge in [0.15, 0.2) is 0 Å². The van der Waals surface area contributed by atoms with Crippen molar-refractivity contribution < 1.29 is 9.59 Å². The topological polar surface area (TPSA) is 58.2 Å². The van der Waals surface area contributed by atoms with E-state index in [0.29, 0.717) is 12.8 Å². The van der Waals surface area contributed by atoms with Gasteiger partial charge in [-0.3, -0.25) is 9.59 Å². The second-order valence-corrected chi connectivity index (χ2v) is 11.0. The van der Waals surface area contributed by atoms with Crippen LogP contribution < -0.4 is 10.6 Å². The van der Waals surface area contributed by atoms with Gasteiger partial charge in [0, 0.05) is 25.9 Å². The summed E-state index contributed by atoms with van der Waals surface area (Å²) < 4.78 is 0. The van der Waals surface area contributed by atoms with Gasteiger partial charge in [-0.25, -0.2) is 0 Å². The molecule has 36 heavy (non-hydrogen) atoms. The summed E-state index contributed by atoms with van der Waals surface area (Å²) >= 11 is 0. The van der Waals surface area contributed by atoms with Crippen LogP contribution in [0.15, 0.2) is 0 Å². The Balaban J connectivity index is 3.16. The van der Waals surface area contributed by atoms with Crippen LogP contribution in [0.4, 0.5) is 0 Å². The fraction of sp³-hybridized carbons (Fsp3) is 0.938. The summed E-state index contributed by atoms with van der Waals surface area (Å²) in [5.74, 6) is 0.499. The van der Waals surface area contributed by atoms with E-state index in [2.05, 4.69) is 24.5 Å². The summed E-state index contributed by atoms with van der Waals surface area (Å²) in [5, 5.41) is 6.11. The summed E-state index contributed by atoms with van der Waals surface area (Å²) in [6.07, 6.45) is 32.0. The molecule has 0 aliphatic rings. The van der Waals surface area contributed by atoms with Gasteiger partial charge in [-0.2, -0.15) is 0 Å². The molecule has 0 bridgehead atoms. The molecule has 4 nitrogen and oxygen atoms in total. The second kappa shape index (κ2) is 30.2. The van der Waals surface area contributed by atoms with Crippen LogP contribution in [0.2, 0.25) is 0 Å². The lowest BCUT2D eigenvalue weighted by Gasteiger charge is -2.06. The number of unbranched alkanes of at least 4 members (excludes halogenated alkanes) is 21. The van der Waals surface area contributed by atoms with Crippen LogP contribution in [0.1, 0.15) is 181 Å². The predicted molar refractivity (Wildman–Crippen MR) is 157 cm³/mol. The first-order valence-electron chi connectivity index (χ1n) is 16.2. The summed E-state index contributed by atoms with van der Waals surface area (Å²) in [5.41, 5.74) is 0. The van der Waals surface area contributed by atoms with E-state index in [0.717, 1.165) is 38.8 Å². The van der Waals surface area contributed by atoms with E-state index in [1.54, 1.807) is 0 Å². The molecule has 0 spiro atoms. The fourth-order valence-electron chi connectivity index (χ4n) is 4.78. The minimum absolute atomic E-state index is 0.249. The Bertz CT molecular complexity index is 425. The Morgan fingerprint density at radius 1 is 0.361 bits per heavy atom. The average molecular weight is 509 g/mol. The Labute approximate surface area is 225 Å². The van der Waals surface area contributed by atoms with E-state index >= 15 is 0 Å². The van der Waals surface area contributed by atoms with Crippen molar-refractivity contribution in [3.8, 4) is 0 Å².